The Morgan fingerprint density at radius 2 is 2.39 bits per heavy atom. The number of ether oxygens (including phenoxy) is 1. The third-order valence-corrected chi connectivity index (χ3v) is 4.14. The molecule has 0 saturated carbocycles. The Bertz CT molecular complexity index is 557. The molecule has 0 spiro atoms. The second-order valence-corrected chi connectivity index (χ2v) is 5.36. The first-order valence-electron chi connectivity index (χ1n) is 5.10. The van der Waals surface area contributed by atoms with Crippen LogP contribution >= 0.6 is 23.1 Å². The predicted molar refractivity (Wildman–Crippen MR) is 69.4 cm³/mol. The minimum Gasteiger partial charge on any atom is -0.464 e. The Kier molecular flexibility index (Phi) is 4.33. The van der Waals surface area contributed by atoms with Crippen LogP contribution in [-0.4, -0.2) is 18.1 Å². The van der Waals surface area contributed by atoms with Gasteiger partial charge in [0.15, 0.2) is 5.69 Å². The smallest absolute Gasteiger partial charge is 0.357 e. The zero-order chi connectivity index (χ0) is 13.0. The molecular weight excluding hydrogens is 273 g/mol. The number of hydrogen-bond donors (Lipinski definition) is 0. The number of halogens is 1. The lowest BCUT2D eigenvalue weighted by molar-refractivity contribution is 0.0595. The molecule has 2 rings (SSSR count). The van der Waals surface area contributed by atoms with Crippen molar-refractivity contribution < 1.29 is 13.9 Å². The molecule has 0 aliphatic carbocycles. The number of nitrogens with zero attached hydrogens (tertiary/aromatic N) is 1. The SMILES string of the molecule is COC(=O)c1csc(CSc2cccc(F)c2)n1. The molecule has 0 amide bonds. The van der Waals surface area contributed by atoms with Gasteiger partial charge in [0.05, 0.1) is 12.9 Å². The van der Waals surface area contributed by atoms with Gasteiger partial charge in [-0.1, -0.05) is 6.07 Å². The van der Waals surface area contributed by atoms with Crippen LogP contribution in [0.1, 0.15) is 15.5 Å². The van der Waals surface area contributed by atoms with Crippen LogP contribution in [-0.2, 0) is 10.5 Å². The van der Waals surface area contributed by atoms with Gasteiger partial charge in [-0.2, -0.15) is 0 Å². The van der Waals surface area contributed by atoms with Crippen molar-refractivity contribution in [1.82, 2.24) is 4.98 Å². The second kappa shape index (κ2) is 5.97. The summed E-state index contributed by atoms with van der Waals surface area (Å²) < 4.78 is 17.5. The number of aromatic nitrogens is 1. The lowest BCUT2D eigenvalue weighted by Crippen LogP contribution is -2.01. The number of carbonyl (C=O) groups is 1. The van der Waals surface area contributed by atoms with Gasteiger partial charge < -0.3 is 4.74 Å². The van der Waals surface area contributed by atoms with Crippen molar-refractivity contribution in [3.8, 4) is 0 Å². The van der Waals surface area contributed by atoms with Gasteiger partial charge >= 0.3 is 5.97 Å². The third-order valence-electron chi connectivity index (χ3n) is 2.10. The van der Waals surface area contributed by atoms with Gasteiger partial charge in [-0.3, -0.25) is 0 Å². The highest BCUT2D eigenvalue weighted by Gasteiger charge is 2.10. The lowest BCUT2D eigenvalue weighted by atomic mass is 10.4. The maximum atomic E-state index is 13.0. The molecule has 0 aliphatic rings. The number of thiazole rings is 1. The highest BCUT2D eigenvalue weighted by molar-refractivity contribution is 7.98. The molecule has 6 heteroatoms. The van der Waals surface area contributed by atoms with Crippen LogP contribution in [0.3, 0.4) is 0 Å². The van der Waals surface area contributed by atoms with E-state index in [0.29, 0.717) is 11.4 Å². The first-order chi connectivity index (χ1) is 8.69. The zero-order valence-corrected chi connectivity index (χ0v) is 11.2. The number of carbonyl (C=O) groups excluding carboxylic acids is 1. The van der Waals surface area contributed by atoms with Crippen molar-refractivity contribution in [3.05, 3.63) is 46.2 Å². The van der Waals surface area contributed by atoms with E-state index in [1.54, 1.807) is 11.4 Å². The first-order valence-corrected chi connectivity index (χ1v) is 6.96. The lowest BCUT2D eigenvalue weighted by Gasteiger charge is -1.98. The summed E-state index contributed by atoms with van der Waals surface area (Å²) in [7, 11) is 1.32. The van der Waals surface area contributed by atoms with E-state index in [1.165, 1.54) is 42.3 Å². The molecule has 0 radical (unpaired) electrons. The molecule has 3 nitrogen and oxygen atoms in total. The van der Waals surface area contributed by atoms with E-state index in [0.717, 1.165) is 9.90 Å². The predicted octanol–water partition coefficient (Wildman–Crippen LogP) is 3.36. The molecule has 0 aliphatic heterocycles. The average molecular weight is 283 g/mol. The zero-order valence-electron chi connectivity index (χ0n) is 9.55. The normalized spacial score (nSPS) is 10.3. The summed E-state index contributed by atoms with van der Waals surface area (Å²) in [5.41, 5.74) is 0.317. The molecule has 0 unspecified atom stereocenters. The Balaban J connectivity index is 1.98. The number of esters is 1. The average Bonchev–Trinajstić information content (AvgIpc) is 2.84. The van der Waals surface area contributed by atoms with E-state index >= 15 is 0 Å². The van der Waals surface area contributed by atoms with Crippen molar-refractivity contribution >= 4 is 29.1 Å². The van der Waals surface area contributed by atoms with Gasteiger partial charge in [0, 0.05) is 10.3 Å². The molecule has 0 N–H and O–H groups in total. The molecule has 94 valence electrons. The fourth-order valence-electron chi connectivity index (χ4n) is 1.28. The van der Waals surface area contributed by atoms with E-state index in [1.807, 2.05) is 6.07 Å². The minimum atomic E-state index is -0.437. The van der Waals surface area contributed by atoms with E-state index in [2.05, 4.69) is 9.72 Å². The van der Waals surface area contributed by atoms with Crippen LogP contribution < -0.4 is 0 Å². The standard InChI is InChI=1S/C12H10FNO2S2/c1-16-12(15)10-6-18-11(14-10)7-17-9-4-2-3-8(13)5-9/h2-6H,7H2,1H3. The maximum absolute atomic E-state index is 13.0. The summed E-state index contributed by atoms with van der Waals surface area (Å²) in [6, 6.07) is 6.38. The fraction of sp³-hybridized carbons (Fsp3) is 0.167. The molecule has 2 aromatic rings. The Morgan fingerprint density at radius 3 is 3.11 bits per heavy atom. The molecule has 0 atom stereocenters. The molecule has 18 heavy (non-hydrogen) atoms. The molecule has 0 bridgehead atoms. The van der Waals surface area contributed by atoms with Crippen LogP contribution in [0.4, 0.5) is 4.39 Å². The van der Waals surface area contributed by atoms with Crippen LogP contribution in [0.5, 0.6) is 0 Å². The number of thioether (sulfide) groups is 1. The Labute approximate surface area is 112 Å². The van der Waals surface area contributed by atoms with Gasteiger partial charge in [0.25, 0.3) is 0 Å². The fourth-order valence-corrected chi connectivity index (χ4v) is 3.00. The Morgan fingerprint density at radius 1 is 1.56 bits per heavy atom. The summed E-state index contributed by atoms with van der Waals surface area (Å²) in [5, 5.41) is 2.47. The third kappa shape index (κ3) is 3.30. The largest absolute Gasteiger partial charge is 0.464 e. The first kappa shape index (κ1) is 13.0. The van der Waals surface area contributed by atoms with Crippen molar-refractivity contribution in [2.24, 2.45) is 0 Å². The van der Waals surface area contributed by atoms with Gasteiger partial charge in [0.1, 0.15) is 10.8 Å². The van der Waals surface area contributed by atoms with Crippen molar-refractivity contribution in [2.45, 2.75) is 10.6 Å². The summed E-state index contributed by atoms with van der Waals surface area (Å²) in [5.74, 6) is -0.0897. The van der Waals surface area contributed by atoms with Gasteiger partial charge in [-0.25, -0.2) is 14.2 Å². The second-order valence-electron chi connectivity index (χ2n) is 3.36. The monoisotopic (exact) mass is 283 g/mol. The summed E-state index contributed by atoms with van der Waals surface area (Å²) in [6.07, 6.45) is 0. The van der Waals surface area contributed by atoms with Gasteiger partial charge in [-0.15, -0.1) is 23.1 Å². The molecule has 1 aromatic carbocycles. The van der Waals surface area contributed by atoms with Crippen LogP contribution in [0.25, 0.3) is 0 Å². The van der Waals surface area contributed by atoms with Crippen LogP contribution in [0.15, 0.2) is 34.5 Å². The van der Waals surface area contributed by atoms with Crippen LogP contribution in [0, 0.1) is 5.82 Å². The van der Waals surface area contributed by atoms with Crippen molar-refractivity contribution in [2.75, 3.05) is 7.11 Å². The van der Waals surface area contributed by atoms with E-state index in [9.17, 15) is 9.18 Å². The Hall–Kier alpha value is -1.40. The van der Waals surface area contributed by atoms with Gasteiger partial charge in [0.2, 0.25) is 0 Å². The molecular formula is C12H10FNO2S2. The summed E-state index contributed by atoms with van der Waals surface area (Å²) in [6.45, 7) is 0. The maximum Gasteiger partial charge on any atom is 0.357 e. The number of benzene rings is 1. The topological polar surface area (TPSA) is 39.2 Å². The number of hydrogen-bond acceptors (Lipinski definition) is 5. The molecule has 0 saturated heterocycles. The van der Waals surface area contributed by atoms with E-state index < -0.39 is 5.97 Å². The van der Waals surface area contributed by atoms with E-state index in [-0.39, 0.29) is 5.82 Å². The highest BCUT2D eigenvalue weighted by atomic mass is 32.2. The molecule has 1 heterocycles. The van der Waals surface area contributed by atoms with Crippen molar-refractivity contribution in [1.29, 1.82) is 0 Å². The number of rotatable bonds is 4. The minimum absolute atomic E-state index is 0.255. The highest BCUT2D eigenvalue weighted by Crippen LogP contribution is 2.25. The molecule has 0 fully saturated rings. The quantitative estimate of drug-likeness (QED) is 0.637. The van der Waals surface area contributed by atoms with E-state index in [4.69, 9.17) is 0 Å². The summed E-state index contributed by atoms with van der Waals surface area (Å²) in [4.78, 5) is 16.2. The van der Waals surface area contributed by atoms with Gasteiger partial charge in [-0.05, 0) is 18.2 Å². The number of methoxy groups -OCH3 is 1. The molecule has 1 aromatic heterocycles. The summed E-state index contributed by atoms with van der Waals surface area (Å²) >= 11 is 2.87. The van der Waals surface area contributed by atoms with Crippen molar-refractivity contribution in [3.63, 3.8) is 0 Å². The van der Waals surface area contributed by atoms with Crippen LogP contribution in [0.2, 0.25) is 0 Å².